The van der Waals surface area contributed by atoms with Gasteiger partial charge in [0.25, 0.3) is 0 Å². The van der Waals surface area contributed by atoms with Crippen LogP contribution in [0.4, 0.5) is 17.1 Å². The van der Waals surface area contributed by atoms with Crippen LogP contribution >= 0.6 is 11.6 Å². The van der Waals surface area contributed by atoms with Gasteiger partial charge in [-0.15, -0.1) is 0 Å². The summed E-state index contributed by atoms with van der Waals surface area (Å²) in [7, 11) is -2.07. The van der Waals surface area contributed by atoms with E-state index in [1.54, 1.807) is 30.3 Å². The first-order valence-corrected chi connectivity index (χ1v) is 8.81. The van der Waals surface area contributed by atoms with E-state index < -0.39 is 10.0 Å². The van der Waals surface area contributed by atoms with Crippen molar-refractivity contribution in [2.24, 2.45) is 0 Å². The summed E-state index contributed by atoms with van der Waals surface area (Å²) < 4.78 is 32.1. The van der Waals surface area contributed by atoms with Gasteiger partial charge in [-0.05, 0) is 42.3 Å². The number of hydrogen-bond acceptors (Lipinski definition) is 5. The highest BCUT2D eigenvalue weighted by atomic mass is 35.5. The number of aryl methyl sites for hydroxylation is 1. The Labute approximate surface area is 140 Å². The first-order valence-electron chi connectivity index (χ1n) is 6.78. The molecule has 0 bridgehead atoms. The fraction of sp³-hybridized carbons (Fsp3) is 0.200. The maximum Gasteiger partial charge on any atom is 0.233 e. The van der Waals surface area contributed by atoms with Gasteiger partial charge in [-0.1, -0.05) is 17.7 Å². The fourth-order valence-electron chi connectivity index (χ4n) is 2.05. The van der Waals surface area contributed by atoms with Gasteiger partial charge in [0.05, 0.1) is 24.2 Å². The van der Waals surface area contributed by atoms with Crippen molar-refractivity contribution in [1.29, 1.82) is 0 Å². The van der Waals surface area contributed by atoms with Crippen LogP contribution in [0.3, 0.4) is 0 Å². The number of nitrogens with two attached hydrogens (primary N) is 2. The summed E-state index contributed by atoms with van der Waals surface area (Å²) in [5.41, 5.74) is 13.2. The third kappa shape index (κ3) is 4.67. The monoisotopic (exact) mass is 355 g/mol. The molecule has 0 amide bonds. The molecule has 6 nitrogen and oxygen atoms in total. The van der Waals surface area contributed by atoms with E-state index >= 15 is 0 Å². The van der Waals surface area contributed by atoms with Crippen LogP contribution in [0.1, 0.15) is 5.56 Å². The molecule has 0 aliphatic carbocycles. The zero-order valence-electron chi connectivity index (χ0n) is 12.5. The van der Waals surface area contributed by atoms with Crippen LogP contribution in [0.2, 0.25) is 5.02 Å². The molecule has 124 valence electrons. The molecular formula is C15H18ClN3O3S. The number of rotatable bonds is 6. The fourth-order valence-corrected chi connectivity index (χ4v) is 3.31. The summed E-state index contributed by atoms with van der Waals surface area (Å²) in [6.45, 7) is 0. The Morgan fingerprint density at radius 3 is 2.61 bits per heavy atom. The number of hydrogen-bond donors (Lipinski definition) is 3. The molecule has 8 heteroatoms. The van der Waals surface area contributed by atoms with E-state index in [9.17, 15) is 8.42 Å². The first kappa shape index (κ1) is 17.2. The molecule has 0 saturated carbocycles. The van der Waals surface area contributed by atoms with Gasteiger partial charge in [0.15, 0.2) is 0 Å². The van der Waals surface area contributed by atoms with Crippen molar-refractivity contribution in [1.82, 2.24) is 0 Å². The van der Waals surface area contributed by atoms with E-state index in [0.29, 0.717) is 22.1 Å². The van der Waals surface area contributed by atoms with Crippen molar-refractivity contribution in [3.63, 3.8) is 0 Å². The average molecular weight is 356 g/mol. The van der Waals surface area contributed by atoms with E-state index in [-0.39, 0.29) is 17.9 Å². The molecule has 0 spiro atoms. The highest BCUT2D eigenvalue weighted by Gasteiger charge is 2.14. The van der Waals surface area contributed by atoms with Gasteiger partial charge in [0, 0.05) is 10.7 Å². The van der Waals surface area contributed by atoms with Crippen molar-refractivity contribution >= 4 is 38.7 Å². The van der Waals surface area contributed by atoms with Gasteiger partial charge in [0.2, 0.25) is 10.0 Å². The van der Waals surface area contributed by atoms with Crippen LogP contribution in [0.15, 0.2) is 36.4 Å². The highest BCUT2D eigenvalue weighted by Crippen LogP contribution is 2.25. The largest absolute Gasteiger partial charge is 0.496 e. The summed E-state index contributed by atoms with van der Waals surface area (Å²) in [6.07, 6.45) is 0.276. The van der Waals surface area contributed by atoms with Gasteiger partial charge in [0.1, 0.15) is 5.75 Å². The van der Waals surface area contributed by atoms with Crippen molar-refractivity contribution in [3.8, 4) is 5.75 Å². The third-order valence-corrected chi connectivity index (χ3v) is 4.74. The maximum atomic E-state index is 12.2. The molecule has 23 heavy (non-hydrogen) atoms. The summed E-state index contributed by atoms with van der Waals surface area (Å²) in [5, 5.41) is 0.527. The Morgan fingerprint density at radius 1 is 1.17 bits per heavy atom. The molecule has 5 N–H and O–H groups in total. The van der Waals surface area contributed by atoms with Crippen molar-refractivity contribution in [3.05, 3.63) is 47.0 Å². The number of sulfonamides is 1. The topological polar surface area (TPSA) is 107 Å². The zero-order valence-corrected chi connectivity index (χ0v) is 14.1. The standard InChI is InChI=1S/C15H18ClN3O3S/c1-22-15-8-11(16)3-2-10(15)6-7-23(20,21)19-14-9-12(17)4-5-13(14)18/h2-5,8-9,19H,6-7,17-18H2,1H3. The lowest BCUT2D eigenvalue weighted by atomic mass is 10.1. The number of nitrogen functional groups attached to an aromatic ring is 2. The van der Waals surface area contributed by atoms with Crippen LogP contribution in [0.25, 0.3) is 0 Å². The summed E-state index contributed by atoms with van der Waals surface area (Å²) >= 11 is 5.89. The van der Waals surface area contributed by atoms with Gasteiger partial charge in [-0.25, -0.2) is 8.42 Å². The van der Waals surface area contributed by atoms with Crippen molar-refractivity contribution in [2.75, 3.05) is 29.1 Å². The van der Waals surface area contributed by atoms with E-state index in [2.05, 4.69) is 4.72 Å². The number of halogens is 1. The van der Waals surface area contributed by atoms with Crippen LogP contribution in [-0.2, 0) is 16.4 Å². The normalized spacial score (nSPS) is 11.2. The van der Waals surface area contributed by atoms with E-state index in [0.717, 1.165) is 5.56 Å². The number of ether oxygens (including phenoxy) is 1. The lowest BCUT2D eigenvalue weighted by Crippen LogP contribution is -2.19. The minimum atomic E-state index is -3.58. The molecule has 2 aromatic carbocycles. The molecule has 2 rings (SSSR count). The van der Waals surface area contributed by atoms with Crippen molar-refractivity contribution < 1.29 is 13.2 Å². The third-order valence-electron chi connectivity index (χ3n) is 3.23. The molecule has 0 aromatic heterocycles. The summed E-state index contributed by atoms with van der Waals surface area (Å²) in [6, 6.07) is 9.71. The molecule has 0 fully saturated rings. The second-order valence-corrected chi connectivity index (χ2v) is 7.25. The van der Waals surface area contributed by atoms with Crippen LogP contribution in [-0.4, -0.2) is 21.3 Å². The van der Waals surface area contributed by atoms with Crippen LogP contribution in [0, 0.1) is 0 Å². The Hall–Kier alpha value is -2.12. The van der Waals surface area contributed by atoms with E-state index in [1.165, 1.54) is 13.2 Å². The lowest BCUT2D eigenvalue weighted by molar-refractivity contribution is 0.410. The molecule has 0 heterocycles. The predicted octanol–water partition coefficient (Wildman–Crippen LogP) is 2.50. The van der Waals surface area contributed by atoms with Crippen LogP contribution < -0.4 is 20.9 Å². The molecule has 0 aliphatic rings. The summed E-state index contributed by atoms with van der Waals surface area (Å²) in [5.74, 6) is 0.426. The summed E-state index contributed by atoms with van der Waals surface area (Å²) in [4.78, 5) is 0. The van der Waals surface area contributed by atoms with Crippen molar-refractivity contribution in [2.45, 2.75) is 6.42 Å². The average Bonchev–Trinajstić information content (AvgIpc) is 2.49. The number of nitrogens with one attached hydrogen (secondary N) is 1. The molecule has 0 unspecified atom stereocenters. The Balaban J connectivity index is 2.11. The molecular weight excluding hydrogens is 338 g/mol. The smallest absolute Gasteiger partial charge is 0.233 e. The number of methoxy groups -OCH3 is 1. The zero-order chi connectivity index (χ0) is 17.0. The second kappa shape index (κ2) is 6.97. The van der Waals surface area contributed by atoms with E-state index in [1.807, 2.05) is 0 Å². The Kier molecular flexibility index (Phi) is 5.23. The Morgan fingerprint density at radius 2 is 1.91 bits per heavy atom. The minimum absolute atomic E-state index is 0.126. The van der Waals surface area contributed by atoms with Crippen LogP contribution in [0.5, 0.6) is 5.75 Å². The second-order valence-electron chi connectivity index (χ2n) is 4.97. The predicted molar refractivity (Wildman–Crippen MR) is 94.4 cm³/mol. The quantitative estimate of drug-likeness (QED) is 0.690. The Bertz CT molecular complexity index is 810. The maximum absolute atomic E-state index is 12.2. The lowest BCUT2D eigenvalue weighted by Gasteiger charge is -2.12. The molecule has 0 aliphatic heterocycles. The SMILES string of the molecule is COc1cc(Cl)ccc1CCS(=O)(=O)Nc1cc(N)ccc1N. The highest BCUT2D eigenvalue weighted by molar-refractivity contribution is 7.92. The van der Waals surface area contributed by atoms with Gasteiger partial charge >= 0.3 is 0 Å². The molecule has 0 atom stereocenters. The molecule has 2 aromatic rings. The first-order chi connectivity index (χ1) is 10.8. The van der Waals surface area contributed by atoms with Gasteiger partial charge in [-0.2, -0.15) is 0 Å². The minimum Gasteiger partial charge on any atom is -0.496 e. The molecule has 0 radical (unpaired) electrons. The molecule has 0 saturated heterocycles. The number of anilines is 3. The number of benzene rings is 2. The van der Waals surface area contributed by atoms with Gasteiger partial charge in [-0.3, -0.25) is 4.72 Å². The van der Waals surface area contributed by atoms with Gasteiger partial charge < -0.3 is 16.2 Å². The van der Waals surface area contributed by atoms with E-state index in [4.69, 9.17) is 27.8 Å².